The number of thioether (sulfide) groups is 1. The third-order valence-corrected chi connectivity index (χ3v) is 4.13. The highest BCUT2D eigenvalue weighted by Gasteiger charge is 2.21. The van der Waals surface area contributed by atoms with Crippen molar-refractivity contribution in [3.05, 3.63) is 29.8 Å². The van der Waals surface area contributed by atoms with Crippen LogP contribution in [0.4, 0.5) is 5.69 Å². The Morgan fingerprint density at radius 2 is 2.27 bits per heavy atom. The van der Waals surface area contributed by atoms with Crippen LogP contribution in [0.1, 0.15) is 24.8 Å². The lowest BCUT2D eigenvalue weighted by Gasteiger charge is -2.12. The van der Waals surface area contributed by atoms with Crippen LogP contribution in [-0.4, -0.2) is 30.6 Å². The maximum absolute atomic E-state index is 12.0. The van der Waals surface area contributed by atoms with Crippen molar-refractivity contribution in [1.29, 1.82) is 0 Å². The predicted octanol–water partition coefficient (Wildman–Crippen LogP) is 3.05. The Morgan fingerprint density at radius 3 is 2.95 bits per heavy atom. The molecule has 4 nitrogen and oxygen atoms in total. The second kappa shape index (κ2) is 10.1. The monoisotopic (exact) mass is 344 g/mol. The molecule has 0 aromatic heterocycles. The van der Waals surface area contributed by atoms with E-state index < -0.39 is 6.04 Å². The van der Waals surface area contributed by atoms with Crippen molar-refractivity contribution < 1.29 is 9.53 Å². The van der Waals surface area contributed by atoms with Crippen LogP contribution in [0.5, 0.6) is 0 Å². The second-order valence-electron chi connectivity index (χ2n) is 5.54. The van der Waals surface area contributed by atoms with E-state index in [1.54, 1.807) is 11.8 Å². The van der Waals surface area contributed by atoms with Crippen molar-refractivity contribution in [2.45, 2.75) is 31.9 Å². The zero-order chi connectivity index (χ0) is 15.1. The van der Waals surface area contributed by atoms with Crippen LogP contribution in [0.15, 0.2) is 24.3 Å². The Balaban J connectivity index is 0.00000242. The first-order valence-electron chi connectivity index (χ1n) is 7.41. The van der Waals surface area contributed by atoms with Crippen LogP contribution >= 0.6 is 24.2 Å². The SMILES string of the molecule is CSCC[C@H](N)C(=O)Nc1cccc(COCC2CC2)c1.Cl. The fourth-order valence-electron chi connectivity index (χ4n) is 1.98. The zero-order valence-corrected chi connectivity index (χ0v) is 14.6. The highest BCUT2D eigenvalue weighted by molar-refractivity contribution is 7.98. The number of hydrogen-bond acceptors (Lipinski definition) is 4. The van der Waals surface area contributed by atoms with Gasteiger partial charge in [-0.15, -0.1) is 12.4 Å². The lowest BCUT2D eigenvalue weighted by Crippen LogP contribution is -2.36. The molecule has 1 atom stereocenters. The molecule has 0 radical (unpaired) electrons. The molecular formula is C16H25ClN2O2S. The van der Waals surface area contributed by atoms with Crippen molar-refractivity contribution in [2.75, 3.05) is 23.9 Å². The number of anilines is 1. The summed E-state index contributed by atoms with van der Waals surface area (Å²) >= 11 is 1.70. The molecule has 2 rings (SSSR count). The normalized spacial score (nSPS) is 15.0. The molecule has 0 aliphatic heterocycles. The minimum Gasteiger partial charge on any atom is -0.376 e. The molecule has 1 aliphatic carbocycles. The number of halogens is 1. The van der Waals surface area contributed by atoms with Crippen molar-refractivity contribution in [1.82, 2.24) is 0 Å². The van der Waals surface area contributed by atoms with Gasteiger partial charge in [0.15, 0.2) is 0 Å². The Labute approximate surface area is 143 Å². The van der Waals surface area contributed by atoms with Gasteiger partial charge in [-0.25, -0.2) is 0 Å². The van der Waals surface area contributed by atoms with Crippen molar-refractivity contribution in [3.8, 4) is 0 Å². The maximum atomic E-state index is 12.0. The van der Waals surface area contributed by atoms with E-state index in [2.05, 4.69) is 5.32 Å². The van der Waals surface area contributed by atoms with E-state index >= 15 is 0 Å². The highest BCUT2D eigenvalue weighted by Crippen LogP contribution is 2.29. The zero-order valence-electron chi connectivity index (χ0n) is 12.9. The Hall–Kier alpha value is -0.750. The molecule has 3 N–H and O–H groups in total. The first-order chi connectivity index (χ1) is 10.2. The fraction of sp³-hybridized carbons (Fsp3) is 0.562. The van der Waals surface area contributed by atoms with Gasteiger partial charge in [0.1, 0.15) is 0 Å². The molecule has 1 aromatic rings. The molecule has 0 spiro atoms. The summed E-state index contributed by atoms with van der Waals surface area (Å²) in [5.74, 6) is 1.53. The van der Waals surface area contributed by atoms with Gasteiger partial charge in [-0.05, 0) is 54.9 Å². The van der Waals surface area contributed by atoms with Gasteiger partial charge in [0, 0.05) is 12.3 Å². The largest absolute Gasteiger partial charge is 0.376 e. The summed E-state index contributed by atoms with van der Waals surface area (Å²) in [5.41, 5.74) is 7.72. The third kappa shape index (κ3) is 7.01. The summed E-state index contributed by atoms with van der Waals surface area (Å²) in [6.45, 7) is 1.44. The molecule has 0 unspecified atom stereocenters. The molecule has 6 heteroatoms. The van der Waals surface area contributed by atoms with Crippen LogP contribution in [0.25, 0.3) is 0 Å². The average Bonchev–Trinajstić information content (AvgIpc) is 3.29. The summed E-state index contributed by atoms with van der Waals surface area (Å²) in [6, 6.07) is 7.32. The highest BCUT2D eigenvalue weighted by atomic mass is 35.5. The number of carbonyl (C=O) groups excluding carboxylic acids is 1. The van der Waals surface area contributed by atoms with Gasteiger partial charge >= 0.3 is 0 Å². The summed E-state index contributed by atoms with van der Waals surface area (Å²) < 4.78 is 5.66. The number of nitrogens with one attached hydrogen (secondary N) is 1. The lowest BCUT2D eigenvalue weighted by molar-refractivity contribution is -0.117. The van der Waals surface area contributed by atoms with E-state index in [0.29, 0.717) is 13.0 Å². The number of ether oxygens (including phenoxy) is 1. The fourth-order valence-corrected chi connectivity index (χ4v) is 2.47. The molecule has 124 valence electrons. The number of hydrogen-bond donors (Lipinski definition) is 2. The topological polar surface area (TPSA) is 64.4 Å². The van der Waals surface area contributed by atoms with Gasteiger partial charge < -0.3 is 15.8 Å². The van der Waals surface area contributed by atoms with Gasteiger partial charge in [-0.3, -0.25) is 4.79 Å². The molecule has 0 saturated heterocycles. The molecule has 1 fully saturated rings. The van der Waals surface area contributed by atoms with Gasteiger partial charge in [-0.1, -0.05) is 12.1 Å². The van der Waals surface area contributed by atoms with E-state index in [1.165, 1.54) is 12.8 Å². The Bertz CT molecular complexity index is 469. The molecule has 1 aliphatic rings. The Kier molecular flexibility index (Phi) is 8.86. The average molecular weight is 345 g/mol. The van der Waals surface area contributed by atoms with Gasteiger partial charge in [0.25, 0.3) is 0 Å². The molecule has 22 heavy (non-hydrogen) atoms. The molecular weight excluding hydrogens is 320 g/mol. The predicted molar refractivity (Wildman–Crippen MR) is 95.7 cm³/mol. The van der Waals surface area contributed by atoms with E-state index in [9.17, 15) is 4.79 Å². The number of benzene rings is 1. The molecule has 1 amide bonds. The van der Waals surface area contributed by atoms with Crippen LogP contribution < -0.4 is 11.1 Å². The van der Waals surface area contributed by atoms with Crippen molar-refractivity contribution >= 4 is 35.8 Å². The van der Waals surface area contributed by atoms with Crippen LogP contribution in [0, 0.1) is 5.92 Å². The van der Waals surface area contributed by atoms with Crippen LogP contribution in [0.2, 0.25) is 0 Å². The summed E-state index contributed by atoms with van der Waals surface area (Å²) in [5, 5.41) is 2.87. The third-order valence-electron chi connectivity index (χ3n) is 3.48. The second-order valence-corrected chi connectivity index (χ2v) is 6.52. The quantitative estimate of drug-likeness (QED) is 0.722. The number of rotatable bonds is 9. The first-order valence-corrected chi connectivity index (χ1v) is 8.80. The minimum atomic E-state index is -0.452. The molecule has 0 heterocycles. The number of carbonyl (C=O) groups is 1. The maximum Gasteiger partial charge on any atom is 0.241 e. The Morgan fingerprint density at radius 1 is 1.50 bits per heavy atom. The van der Waals surface area contributed by atoms with E-state index in [0.717, 1.165) is 29.5 Å². The summed E-state index contributed by atoms with van der Waals surface area (Å²) in [7, 11) is 0. The minimum absolute atomic E-state index is 0. The van der Waals surface area contributed by atoms with Gasteiger partial charge in [-0.2, -0.15) is 11.8 Å². The van der Waals surface area contributed by atoms with Gasteiger partial charge in [0.2, 0.25) is 5.91 Å². The molecule has 0 bridgehead atoms. The first kappa shape index (κ1) is 19.3. The van der Waals surface area contributed by atoms with Crippen molar-refractivity contribution in [3.63, 3.8) is 0 Å². The van der Waals surface area contributed by atoms with E-state index in [1.807, 2.05) is 30.5 Å². The van der Waals surface area contributed by atoms with E-state index in [4.69, 9.17) is 10.5 Å². The van der Waals surface area contributed by atoms with Crippen molar-refractivity contribution in [2.24, 2.45) is 11.7 Å². The molecule has 1 saturated carbocycles. The van der Waals surface area contributed by atoms with Crippen LogP contribution in [0.3, 0.4) is 0 Å². The summed E-state index contributed by atoms with van der Waals surface area (Å²) in [6.07, 6.45) is 5.29. The number of amides is 1. The lowest BCUT2D eigenvalue weighted by atomic mass is 10.2. The standard InChI is InChI=1S/C16H24N2O2S.ClH/c1-21-8-7-15(17)16(19)18-14-4-2-3-13(9-14)11-20-10-12-5-6-12;/h2-4,9,12,15H,5-8,10-11,17H2,1H3,(H,18,19);1H/t15-;/m0./s1. The summed E-state index contributed by atoms with van der Waals surface area (Å²) in [4.78, 5) is 12.0. The van der Waals surface area contributed by atoms with Crippen LogP contribution in [-0.2, 0) is 16.1 Å². The smallest absolute Gasteiger partial charge is 0.241 e. The van der Waals surface area contributed by atoms with E-state index in [-0.39, 0.29) is 18.3 Å². The van der Waals surface area contributed by atoms with Gasteiger partial charge in [0.05, 0.1) is 12.6 Å². The molecule has 1 aromatic carbocycles. The number of nitrogens with two attached hydrogens (primary N) is 1.